The number of hydrogen-bond acceptors (Lipinski definition) is 5. The van der Waals surface area contributed by atoms with E-state index in [-0.39, 0.29) is 24.4 Å². The van der Waals surface area contributed by atoms with Gasteiger partial charge in [-0.05, 0) is 43.5 Å². The summed E-state index contributed by atoms with van der Waals surface area (Å²) in [4.78, 5) is 14.3. The van der Waals surface area contributed by atoms with Crippen molar-refractivity contribution in [3.63, 3.8) is 0 Å². The molecule has 0 amide bonds. The summed E-state index contributed by atoms with van der Waals surface area (Å²) in [7, 11) is 0. The molecule has 3 saturated heterocycles. The molecule has 3 aliphatic rings. The number of aromatic carboxylic acids is 1. The van der Waals surface area contributed by atoms with Crippen molar-refractivity contribution >= 4 is 16.9 Å². The van der Waals surface area contributed by atoms with Crippen LogP contribution in [0.3, 0.4) is 0 Å². The summed E-state index contributed by atoms with van der Waals surface area (Å²) in [5, 5.41) is 21.0. The minimum absolute atomic E-state index is 0. The van der Waals surface area contributed by atoms with Gasteiger partial charge in [0.1, 0.15) is 0 Å². The van der Waals surface area contributed by atoms with Crippen LogP contribution in [0.2, 0.25) is 0 Å². The van der Waals surface area contributed by atoms with Gasteiger partial charge < -0.3 is 20.1 Å². The molecule has 2 bridgehead atoms. The van der Waals surface area contributed by atoms with Crippen molar-refractivity contribution < 1.29 is 28.8 Å². The van der Waals surface area contributed by atoms with Gasteiger partial charge in [0.25, 0.3) is 0 Å². The second-order valence-electron chi connectivity index (χ2n) is 8.20. The first-order valence-electron chi connectivity index (χ1n) is 10.4. The van der Waals surface area contributed by atoms with E-state index < -0.39 is 5.97 Å². The minimum Gasteiger partial charge on any atom is -0.545 e. The molecule has 0 radical (unpaired) electrons. The zero-order valence-corrected chi connectivity index (χ0v) is 17.4. The molecular formula is C23H25LiN4O2. The summed E-state index contributed by atoms with van der Waals surface area (Å²) in [6.45, 7) is 4.64. The maximum Gasteiger partial charge on any atom is 1.00 e. The van der Waals surface area contributed by atoms with E-state index >= 15 is 0 Å². The molecule has 3 aliphatic heterocycles. The molecule has 4 heterocycles. The Bertz CT molecular complexity index is 1030. The van der Waals surface area contributed by atoms with Gasteiger partial charge in [0.05, 0.1) is 23.7 Å². The molecule has 1 aromatic heterocycles. The Morgan fingerprint density at radius 1 is 1.10 bits per heavy atom. The first-order valence-corrected chi connectivity index (χ1v) is 10.4. The molecule has 0 unspecified atom stereocenters. The first-order chi connectivity index (χ1) is 14.2. The Balaban J connectivity index is 0.00000218. The SMILES string of the molecule is O=C([O-])c1cccc2c1c(CN[C@H]1CN3CCC1CC3)nn2Cc1ccccc1.[Li+]. The van der Waals surface area contributed by atoms with Crippen LogP contribution < -0.4 is 29.3 Å². The largest absolute Gasteiger partial charge is 1.00 e. The molecule has 3 aromatic rings. The van der Waals surface area contributed by atoms with Gasteiger partial charge in [-0.3, -0.25) is 4.68 Å². The van der Waals surface area contributed by atoms with Crippen molar-refractivity contribution in [2.75, 3.05) is 19.6 Å². The van der Waals surface area contributed by atoms with E-state index in [1.165, 1.54) is 25.9 Å². The van der Waals surface area contributed by atoms with Crippen molar-refractivity contribution in [1.29, 1.82) is 0 Å². The molecule has 1 N–H and O–H groups in total. The number of piperidine rings is 3. The summed E-state index contributed by atoms with van der Waals surface area (Å²) in [5.74, 6) is -0.447. The number of carboxylic acid groups (broad SMARTS) is 1. The fourth-order valence-electron chi connectivity index (χ4n) is 4.90. The minimum atomic E-state index is -1.15. The van der Waals surface area contributed by atoms with Gasteiger partial charge in [0, 0.05) is 30.1 Å². The van der Waals surface area contributed by atoms with Gasteiger partial charge in [0.2, 0.25) is 0 Å². The second-order valence-corrected chi connectivity index (χ2v) is 8.20. The quantitative estimate of drug-likeness (QED) is 0.521. The van der Waals surface area contributed by atoms with Gasteiger partial charge in [-0.15, -0.1) is 0 Å². The van der Waals surface area contributed by atoms with Crippen LogP contribution in [-0.2, 0) is 13.1 Å². The number of nitrogens with one attached hydrogen (secondary N) is 1. The molecule has 6 rings (SSSR count). The Morgan fingerprint density at radius 3 is 2.53 bits per heavy atom. The normalized spacial score (nSPS) is 22.7. The van der Waals surface area contributed by atoms with E-state index in [1.54, 1.807) is 12.1 Å². The average Bonchev–Trinajstić information content (AvgIpc) is 3.11. The molecule has 150 valence electrons. The van der Waals surface area contributed by atoms with Crippen LogP contribution in [0.1, 0.15) is 34.5 Å². The van der Waals surface area contributed by atoms with E-state index in [0.29, 0.717) is 30.4 Å². The Labute approximate surface area is 188 Å². The second kappa shape index (κ2) is 8.95. The number of carbonyl (C=O) groups is 1. The van der Waals surface area contributed by atoms with E-state index in [2.05, 4.69) is 22.3 Å². The first kappa shape index (κ1) is 21.1. The molecule has 0 aliphatic carbocycles. The number of carboxylic acids is 1. The van der Waals surface area contributed by atoms with E-state index in [1.807, 2.05) is 28.9 Å². The number of hydrogen-bond donors (Lipinski definition) is 1. The molecule has 1 atom stereocenters. The van der Waals surface area contributed by atoms with E-state index in [0.717, 1.165) is 23.3 Å². The van der Waals surface area contributed by atoms with E-state index in [4.69, 9.17) is 5.10 Å². The summed E-state index contributed by atoms with van der Waals surface area (Å²) in [6, 6.07) is 15.9. The fraction of sp³-hybridized carbons (Fsp3) is 0.391. The number of rotatable bonds is 6. The summed E-state index contributed by atoms with van der Waals surface area (Å²) < 4.78 is 1.91. The van der Waals surface area contributed by atoms with E-state index in [9.17, 15) is 9.90 Å². The number of aromatic nitrogens is 2. The Hall–Kier alpha value is -2.10. The van der Waals surface area contributed by atoms with Crippen molar-refractivity contribution in [2.45, 2.75) is 32.0 Å². The predicted octanol–water partition coefficient (Wildman–Crippen LogP) is -1.36. The zero-order valence-electron chi connectivity index (χ0n) is 17.4. The summed E-state index contributed by atoms with van der Waals surface area (Å²) in [6.07, 6.45) is 2.48. The van der Waals surface area contributed by atoms with Crippen LogP contribution in [-0.4, -0.2) is 46.3 Å². The maximum atomic E-state index is 11.8. The monoisotopic (exact) mass is 396 g/mol. The molecule has 0 spiro atoms. The van der Waals surface area contributed by atoms with Gasteiger partial charge in [-0.2, -0.15) is 5.10 Å². The van der Waals surface area contributed by atoms with Crippen LogP contribution in [0.15, 0.2) is 48.5 Å². The van der Waals surface area contributed by atoms with Gasteiger partial charge >= 0.3 is 18.9 Å². The summed E-state index contributed by atoms with van der Waals surface area (Å²) >= 11 is 0. The number of benzene rings is 2. The standard InChI is InChI=1S/C23H26N4O2.Li/c28-23(29)18-7-4-8-21-22(18)19(25-27(21)14-16-5-2-1-3-6-16)13-24-20-15-26-11-9-17(20)10-12-26;/h1-8,17,20,24H,9-15H2,(H,28,29);/q;+1/p-1/t20-;/m0./s1. The van der Waals surface area contributed by atoms with Crippen molar-refractivity contribution in [3.05, 3.63) is 65.4 Å². The summed E-state index contributed by atoms with van der Waals surface area (Å²) in [5.41, 5.74) is 2.97. The smallest absolute Gasteiger partial charge is 0.545 e. The number of carbonyl (C=O) groups excluding carboxylic acids is 1. The van der Waals surface area contributed by atoms with Crippen LogP contribution in [0.4, 0.5) is 0 Å². The topological polar surface area (TPSA) is 73.2 Å². The van der Waals surface area contributed by atoms with Crippen LogP contribution in [0, 0.1) is 5.92 Å². The molecule has 3 fully saturated rings. The third-order valence-corrected chi connectivity index (χ3v) is 6.43. The number of fused-ring (bicyclic) bond motifs is 4. The number of nitrogens with zero attached hydrogens (tertiary/aromatic N) is 3. The molecule has 2 aromatic carbocycles. The fourth-order valence-corrected chi connectivity index (χ4v) is 4.90. The van der Waals surface area contributed by atoms with Crippen molar-refractivity contribution in [3.8, 4) is 0 Å². The van der Waals surface area contributed by atoms with Gasteiger partial charge in [-0.1, -0.05) is 42.5 Å². The van der Waals surface area contributed by atoms with Gasteiger partial charge in [-0.25, -0.2) is 0 Å². The molecule has 7 heteroatoms. The Kier molecular flexibility index (Phi) is 6.31. The van der Waals surface area contributed by atoms with Crippen LogP contribution in [0.5, 0.6) is 0 Å². The third-order valence-electron chi connectivity index (χ3n) is 6.43. The van der Waals surface area contributed by atoms with Crippen molar-refractivity contribution in [2.24, 2.45) is 5.92 Å². The predicted molar refractivity (Wildman–Crippen MR) is 109 cm³/mol. The maximum absolute atomic E-state index is 11.8. The average molecular weight is 396 g/mol. The van der Waals surface area contributed by atoms with Crippen LogP contribution in [0.25, 0.3) is 10.9 Å². The molecular weight excluding hydrogens is 371 g/mol. The Morgan fingerprint density at radius 2 is 1.87 bits per heavy atom. The van der Waals surface area contributed by atoms with Gasteiger partial charge in [0.15, 0.2) is 0 Å². The molecule has 0 saturated carbocycles. The van der Waals surface area contributed by atoms with Crippen LogP contribution >= 0.6 is 0 Å². The molecule has 30 heavy (non-hydrogen) atoms. The third kappa shape index (κ3) is 4.06. The zero-order chi connectivity index (χ0) is 19.8. The van der Waals surface area contributed by atoms with Crippen molar-refractivity contribution in [1.82, 2.24) is 20.0 Å². The molecule has 6 nitrogen and oxygen atoms in total.